The molecule has 0 aliphatic carbocycles. The maximum atomic E-state index is 12.1. The Balaban J connectivity index is 1.98. The van der Waals surface area contributed by atoms with Crippen LogP contribution >= 0.6 is 11.3 Å². The van der Waals surface area contributed by atoms with Crippen molar-refractivity contribution in [2.45, 2.75) is 13.8 Å². The molecule has 0 atom stereocenters. The number of anilines is 1. The zero-order chi connectivity index (χ0) is 15.2. The fourth-order valence-electron chi connectivity index (χ4n) is 2.21. The molecule has 0 spiro atoms. The molecule has 2 heterocycles. The van der Waals surface area contributed by atoms with E-state index in [-0.39, 0.29) is 11.9 Å². The van der Waals surface area contributed by atoms with Crippen LogP contribution in [0.1, 0.15) is 22.2 Å². The first kappa shape index (κ1) is 15.9. The van der Waals surface area contributed by atoms with Gasteiger partial charge in [0.05, 0.1) is 18.7 Å². The van der Waals surface area contributed by atoms with E-state index < -0.39 is 0 Å². The molecule has 0 saturated carbocycles. The normalized spacial score (nSPS) is 15.7. The van der Waals surface area contributed by atoms with Crippen molar-refractivity contribution in [1.82, 2.24) is 10.2 Å². The number of rotatable bonds is 5. The van der Waals surface area contributed by atoms with E-state index in [1.165, 1.54) is 11.3 Å². The quantitative estimate of drug-likeness (QED) is 0.796. The number of thiophene rings is 1. The summed E-state index contributed by atoms with van der Waals surface area (Å²) in [6, 6.07) is 1.75. The molecule has 1 fully saturated rings. The zero-order valence-corrected chi connectivity index (χ0v) is 13.2. The number of esters is 1. The molecule has 2 N–H and O–H groups in total. The Morgan fingerprint density at radius 1 is 1.43 bits per heavy atom. The Morgan fingerprint density at radius 2 is 2.14 bits per heavy atom. The second kappa shape index (κ2) is 7.53. The molecule has 116 valence electrons. The van der Waals surface area contributed by atoms with Crippen molar-refractivity contribution in [2.75, 3.05) is 44.6 Å². The fraction of sp³-hybridized carbons (Fsp3) is 0.571. The lowest BCUT2D eigenvalue weighted by Crippen LogP contribution is -2.46. The second-order valence-electron chi connectivity index (χ2n) is 4.89. The summed E-state index contributed by atoms with van der Waals surface area (Å²) in [7, 11) is 0. The van der Waals surface area contributed by atoms with Gasteiger partial charge in [0.25, 0.3) is 0 Å². The molecule has 1 saturated heterocycles. The van der Waals surface area contributed by atoms with Crippen molar-refractivity contribution >= 4 is 28.2 Å². The van der Waals surface area contributed by atoms with Gasteiger partial charge in [0.2, 0.25) is 5.91 Å². The van der Waals surface area contributed by atoms with E-state index in [2.05, 4.69) is 15.5 Å². The van der Waals surface area contributed by atoms with Crippen LogP contribution in [-0.4, -0.2) is 56.1 Å². The Kier molecular flexibility index (Phi) is 5.72. The number of hydrogen-bond acceptors (Lipinski definition) is 6. The summed E-state index contributed by atoms with van der Waals surface area (Å²) in [6.07, 6.45) is 0. The third kappa shape index (κ3) is 4.52. The van der Waals surface area contributed by atoms with Gasteiger partial charge >= 0.3 is 5.97 Å². The highest BCUT2D eigenvalue weighted by Crippen LogP contribution is 2.28. The molecular weight excluding hydrogens is 290 g/mol. The van der Waals surface area contributed by atoms with Crippen LogP contribution in [0.2, 0.25) is 0 Å². The van der Waals surface area contributed by atoms with E-state index in [9.17, 15) is 9.59 Å². The van der Waals surface area contributed by atoms with Gasteiger partial charge in [-0.2, -0.15) is 0 Å². The van der Waals surface area contributed by atoms with Gasteiger partial charge in [-0.3, -0.25) is 9.69 Å². The first-order valence-corrected chi connectivity index (χ1v) is 7.92. The van der Waals surface area contributed by atoms with E-state index in [0.29, 0.717) is 23.7 Å². The number of nitrogens with one attached hydrogen (secondary N) is 2. The summed E-state index contributed by atoms with van der Waals surface area (Å²) in [6.45, 7) is 7.87. The van der Waals surface area contributed by atoms with Crippen LogP contribution in [0.25, 0.3) is 0 Å². The predicted octanol–water partition coefficient (Wildman–Crippen LogP) is 1.08. The maximum absolute atomic E-state index is 12.1. The van der Waals surface area contributed by atoms with Crippen molar-refractivity contribution in [3.63, 3.8) is 0 Å². The molecule has 0 bridgehead atoms. The molecule has 1 aliphatic heterocycles. The monoisotopic (exact) mass is 311 g/mol. The number of hydrogen-bond donors (Lipinski definition) is 2. The topological polar surface area (TPSA) is 70.7 Å². The summed E-state index contributed by atoms with van der Waals surface area (Å²) in [5, 5.41) is 6.66. The van der Waals surface area contributed by atoms with Gasteiger partial charge in [-0.05, 0) is 19.9 Å². The molecule has 0 aromatic carbocycles. The number of nitrogens with zero attached hydrogens (tertiary/aromatic N) is 1. The van der Waals surface area contributed by atoms with Crippen molar-refractivity contribution in [2.24, 2.45) is 0 Å². The van der Waals surface area contributed by atoms with Gasteiger partial charge in [-0.15, -0.1) is 11.3 Å². The van der Waals surface area contributed by atoms with Crippen molar-refractivity contribution in [3.8, 4) is 0 Å². The first-order valence-electron chi connectivity index (χ1n) is 7.10. The summed E-state index contributed by atoms with van der Waals surface area (Å²) in [5.41, 5.74) is 0.438. The lowest BCUT2D eigenvalue weighted by atomic mass is 10.3. The van der Waals surface area contributed by atoms with Gasteiger partial charge in [0, 0.05) is 31.1 Å². The Hall–Kier alpha value is -1.44. The van der Waals surface area contributed by atoms with Crippen LogP contribution < -0.4 is 10.6 Å². The molecule has 1 aromatic heterocycles. The Morgan fingerprint density at radius 3 is 2.81 bits per heavy atom. The highest BCUT2D eigenvalue weighted by atomic mass is 32.1. The van der Waals surface area contributed by atoms with Crippen molar-refractivity contribution < 1.29 is 14.3 Å². The number of ether oxygens (including phenoxy) is 1. The van der Waals surface area contributed by atoms with Crippen LogP contribution in [0.4, 0.5) is 5.00 Å². The van der Waals surface area contributed by atoms with Crippen LogP contribution in [0.5, 0.6) is 0 Å². The average molecular weight is 311 g/mol. The minimum absolute atomic E-state index is 0.0932. The molecular formula is C14H21N3O3S. The van der Waals surface area contributed by atoms with E-state index in [0.717, 1.165) is 31.1 Å². The van der Waals surface area contributed by atoms with Crippen LogP contribution in [0.15, 0.2) is 6.07 Å². The smallest absolute Gasteiger partial charge is 0.341 e. The van der Waals surface area contributed by atoms with E-state index in [1.807, 2.05) is 6.92 Å². The van der Waals surface area contributed by atoms with Gasteiger partial charge in [-0.1, -0.05) is 0 Å². The van der Waals surface area contributed by atoms with E-state index in [1.54, 1.807) is 13.0 Å². The molecule has 7 heteroatoms. The molecule has 6 nitrogen and oxygen atoms in total. The highest BCUT2D eigenvalue weighted by molar-refractivity contribution is 7.16. The van der Waals surface area contributed by atoms with Crippen molar-refractivity contribution in [1.29, 1.82) is 0 Å². The lowest BCUT2D eigenvalue weighted by Gasteiger charge is -2.26. The largest absolute Gasteiger partial charge is 0.462 e. The lowest BCUT2D eigenvalue weighted by molar-refractivity contribution is -0.117. The van der Waals surface area contributed by atoms with Gasteiger partial charge < -0.3 is 15.4 Å². The second-order valence-corrected chi connectivity index (χ2v) is 6.15. The van der Waals surface area contributed by atoms with Crippen molar-refractivity contribution in [3.05, 3.63) is 16.5 Å². The van der Waals surface area contributed by atoms with Crippen LogP contribution in [-0.2, 0) is 9.53 Å². The Bertz CT molecular complexity index is 510. The zero-order valence-electron chi connectivity index (χ0n) is 12.4. The minimum atomic E-state index is -0.390. The van der Waals surface area contributed by atoms with Crippen LogP contribution in [0, 0.1) is 6.92 Å². The molecule has 0 unspecified atom stereocenters. The standard InChI is InChI=1S/C14H21N3O3S/c1-3-20-14(19)11-8-10(2)21-13(11)16-12(18)9-17-6-4-15-5-7-17/h8,15H,3-7,9H2,1-2H3,(H,16,18). The van der Waals surface area contributed by atoms with Gasteiger partial charge in [0.1, 0.15) is 5.00 Å². The molecule has 1 aromatic rings. The number of amides is 1. The molecule has 1 amide bonds. The van der Waals surface area contributed by atoms with E-state index in [4.69, 9.17) is 4.74 Å². The molecule has 1 aliphatic rings. The summed E-state index contributed by atoms with van der Waals surface area (Å²) < 4.78 is 5.01. The maximum Gasteiger partial charge on any atom is 0.341 e. The third-order valence-electron chi connectivity index (χ3n) is 3.18. The molecule has 21 heavy (non-hydrogen) atoms. The Labute approximate surface area is 128 Å². The third-order valence-corrected chi connectivity index (χ3v) is 4.15. The minimum Gasteiger partial charge on any atom is -0.462 e. The summed E-state index contributed by atoms with van der Waals surface area (Å²) in [5.74, 6) is -0.483. The number of carbonyl (C=O) groups excluding carboxylic acids is 2. The van der Waals surface area contributed by atoms with Gasteiger partial charge in [-0.25, -0.2) is 4.79 Å². The first-order chi connectivity index (χ1) is 10.1. The summed E-state index contributed by atoms with van der Waals surface area (Å²) >= 11 is 1.40. The predicted molar refractivity (Wildman–Crippen MR) is 83.0 cm³/mol. The van der Waals surface area contributed by atoms with Gasteiger partial charge in [0.15, 0.2) is 0 Å². The number of aryl methyl sites for hydroxylation is 1. The number of carbonyl (C=O) groups is 2. The molecule has 2 rings (SSSR count). The highest BCUT2D eigenvalue weighted by Gasteiger charge is 2.19. The SMILES string of the molecule is CCOC(=O)c1cc(C)sc1NC(=O)CN1CCNCC1. The average Bonchev–Trinajstić information content (AvgIpc) is 2.81. The molecule has 0 radical (unpaired) electrons. The summed E-state index contributed by atoms with van der Waals surface area (Å²) in [4.78, 5) is 27.0. The van der Waals surface area contributed by atoms with Crippen LogP contribution in [0.3, 0.4) is 0 Å². The fourth-order valence-corrected chi connectivity index (χ4v) is 3.12. The number of piperazine rings is 1. The van der Waals surface area contributed by atoms with E-state index >= 15 is 0 Å².